The van der Waals surface area contributed by atoms with Gasteiger partial charge in [0.2, 0.25) is 0 Å². The van der Waals surface area contributed by atoms with E-state index in [-0.39, 0.29) is 41.5 Å². The number of nitrogens with two attached hydrogens (primary N) is 1. The van der Waals surface area contributed by atoms with Gasteiger partial charge in [0.1, 0.15) is 5.56 Å². The number of carbonyl (C=O) groups excluding carboxylic acids is 1. The van der Waals surface area contributed by atoms with Gasteiger partial charge in [-0.2, -0.15) is 0 Å². The molecule has 3 rings (SSSR count). The van der Waals surface area contributed by atoms with Crippen LogP contribution in [0.1, 0.15) is 38.8 Å². The maximum Gasteiger partial charge on any atom is 0.261 e. The highest BCUT2D eigenvalue weighted by Gasteiger charge is 2.31. The summed E-state index contributed by atoms with van der Waals surface area (Å²) in [5.74, 6) is -0.377. The van der Waals surface area contributed by atoms with Crippen molar-refractivity contribution in [1.82, 2.24) is 10.3 Å². The van der Waals surface area contributed by atoms with Gasteiger partial charge in [-0.15, -0.1) is 12.4 Å². The van der Waals surface area contributed by atoms with Gasteiger partial charge in [-0.3, -0.25) is 9.59 Å². The van der Waals surface area contributed by atoms with Crippen LogP contribution in [0.2, 0.25) is 0 Å². The minimum Gasteiger partial charge on any atom is -0.347 e. The summed E-state index contributed by atoms with van der Waals surface area (Å²) in [5.41, 5.74) is 9.82. The number of hydrogen-bond acceptors (Lipinski definition) is 3. The normalized spacial score (nSPS) is 18.9. The first kappa shape index (κ1) is 17.2. The van der Waals surface area contributed by atoms with Crippen molar-refractivity contribution in [3.05, 3.63) is 68.6 Å². The smallest absolute Gasteiger partial charge is 0.261 e. The summed E-state index contributed by atoms with van der Waals surface area (Å²) >= 11 is 0. The van der Waals surface area contributed by atoms with Crippen molar-refractivity contribution in [2.24, 2.45) is 5.73 Å². The van der Waals surface area contributed by atoms with Crippen molar-refractivity contribution in [3.63, 3.8) is 0 Å². The Bertz CT molecular complexity index is 801. The van der Waals surface area contributed by atoms with Crippen LogP contribution in [0, 0.1) is 13.8 Å². The number of halogens is 1. The summed E-state index contributed by atoms with van der Waals surface area (Å²) in [6, 6.07) is 9.09. The second kappa shape index (κ2) is 6.56. The molecule has 6 heteroatoms. The molecule has 0 radical (unpaired) electrons. The van der Waals surface area contributed by atoms with Crippen molar-refractivity contribution in [3.8, 4) is 0 Å². The number of H-pyrrole nitrogens is 1. The SMILES string of the molecule is Cc1cc(C(=O)N[C@H]2Cc3ccccc3[C@@H]2N)c(=O)[nH]c1C.Cl. The maximum absolute atomic E-state index is 12.4. The van der Waals surface area contributed by atoms with Gasteiger partial charge in [0.05, 0.1) is 12.1 Å². The Morgan fingerprint density at radius 1 is 1.30 bits per heavy atom. The largest absolute Gasteiger partial charge is 0.347 e. The molecule has 0 saturated carbocycles. The Hall–Kier alpha value is -2.11. The van der Waals surface area contributed by atoms with E-state index >= 15 is 0 Å². The summed E-state index contributed by atoms with van der Waals surface area (Å²) in [7, 11) is 0. The van der Waals surface area contributed by atoms with Crippen LogP contribution < -0.4 is 16.6 Å². The third-order valence-corrected chi connectivity index (χ3v) is 4.35. The van der Waals surface area contributed by atoms with Crippen LogP contribution in [0.25, 0.3) is 0 Å². The van der Waals surface area contributed by atoms with Gasteiger partial charge in [-0.1, -0.05) is 24.3 Å². The first-order chi connectivity index (χ1) is 10.5. The van der Waals surface area contributed by atoms with Gasteiger partial charge < -0.3 is 16.0 Å². The molecule has 0 aliphatic heterocycles. The highest BCUT2D eigenvalue weighted by molar-refractivity contribution is 5.94. The van der Waals surface area contributed by atoms with E-state index in [1.54, 1.807) is 6.07 Å². The summed E-state index contributed by atoms with van der Waals surface area (Å²) in [6.45, 7) is 3.67. The zero-order chi connectivity index (χ0) is 15.9. The van der Waals surface area contributed by atoms with E-state index in [0.29, 0.717) is 6.42 Å². The molecule has 2 aromatic rings. The first-order valence-electron chi connectivity index (χ1n) is 7.32. The molecular weight excluding hydrogens is 314 g/mol. The molecule has 1 aromatic heterocycles. The predicted octanol–water partition coefficient (Wildman–Crippen LogP) is 1.77. The van der Waals surface area contributed by atoms with E-state index in [9.17, 15) is 9.59 Å². The lowest BCUT2D eigenvalue weighted by molar-refractivity contribution is 0.0931. The van der Waals surface area contributed by atoms with Gasteiger partial charge in [0.25, 0.3) is 11.5 Å². The van der Waals surface area contributed by atoms with Crippen LogP contribution in [-0.2, 0) is 6.42 Å². The monoisotopic (exact) mass is 333 g/mol. The van der Waals surface area contributed by atoms with Gasteiger partial charge in [0.15, 0.2) is 0 Å². The van der Waals surface area contributed by atoms with Crippen molar-refractivity contribution >= 4 is 18.3 Å². The van der Waals surface area contributed by atoms with E-state index in [1.165, 1.54) is 0 Å². The standard InChI is InChI=1S/C17H19N3O2.ClH/c1-9-7-13(16(21)19-10(9)2)17(22)20-14-8-11-5-3-4-6-12(11)15(14)18;/h3-7,14-15H,8,18H2,1-2H3,(H,19,21)(H,20,22);1H/t14-,15-;/m0./s1. The second-order valence-corrected chi connectivity index (χ2v) is 5.83. The number of carbonyl (C=O) groups is 1. The van der Waals surface area contributed by atoms with Crippen molar-refractivity contribution in [2.45, 2.75) is 32.4 Å². The molecule has 2 atom stereocenters. The average Bonchev–Trinajstić information content (AvgIpc) is 2.80. The average molecular weight is 334 g/mol. The first-order valence-corrected chi connectivity index (χ1v) is 7.32. The predicted molar refractivity (Wildman–Crippen MR) is 92.1 cm³/mol. The van der Waals surface area contributed by atoms with E-state index in [1.807, 2.05) is 38.1 Å². The van der Waals surface area contributed by atoms with Gasteiger partial charge in [-0.05, 0) is 43.0 Å². The molecule has 0 unspecified atom stereocenters. The Morgan fingerprint density at radius 2 is 2.00 bits per heavy atom. The van der Waals surface area contributed by atoms with Crippen molar-refractivity contribution in [1.29, 1.82) is 0 Å². The minimum absolute atomic E-state index is 0. The fraction of sp³-hybridized carbons (Fsp3) is 0.294. The maximum atomic E-state index is 12.4. The minimum atomic E-state index is -0.377. The number of fused-ring (bicyclic) bond motifs is 1. The van der Waals surface area contributed by atoms with Crippen LogP contribution >= 0.6 is 12.4 Å². The highest BCUT2D eigenvalue weighted by Crippen LogP contribution is 2.29. The molecule has 23 heavy (non-hydrogen) atoms. The lowest BCUT2D eigenvalue weighted by Crippen LogP contribution is -2.42. The van der Waals surface area contributed by atoms with Crippen molar-refractivity contribution in [2.75, 3.05) is 0 Å². The quantitative estimate of drug-likeness (QED) is 0.782. The molecule has 4 N–H and O–H groups in total. The zero-order valence-corrected chi connectivity index (χ0v) is 13.9. The summed E-state index contributed by atoms with van der Waals surface area (Å²) in [4.78, 5) is 27.0. The number of amides is 1. The van der Waals surface area contributed by atoms with E-state index in [4.69, 9.17) is 5.73 Å². The Morgan fingerprint density at radius 3 is 2.70 bits per heavy atom. The summed E-state index contributed by atoms with van der Waals surface area (Å²) in [6.07, 6.45) is 0.686. The highest BCUT2D eigenvalue weighted by atomic mass is 35.5. The molecule has 5 nitrogen and oxygen atoms in total. The molecular formula is C17H20ClN3O2. The number of aromatic nitrogens is 1. The van der Waals surface area contributed by atoms with Crippen LogP contribution in [-0.4, -0.2) is 16.9 Å². The molecule has 1 aliphatic rings. The second-order valence-electron chi connectivity index (χ2n) is 5.83. The Balaban J connectivity index is 0.00000192. The lowest BCUT2D eigenvalue weighted by atomic mass is 10.1. The molecule has 1 aromatic carbocycles. The van der Waals surface area contributed by atoms with Crippen LogP contribution in [0.5, 0.6) is 0 Å². The molecule has 1 aliphatic carbocycles. The molecule has 1 amide bonds. The van der Waals surface area contributed by atoms with E-state index < -0.39 is 0 Å². The van der Waals surface area contributed by atoms with Gasteiger partial charge >= 0.3 is 0 Å². The van der Waals surface area contributed by atoms with Gasteiger partial charge in [0, 0.05) is 5.69 Å². The number of aromatic amines is 1. The van der Waals surface area contributed by atoms with Crippen LogP contribution in [0.15, 0.2) is 35.1 Å². The third-order valence-electron chi connectivity index (χ3n) is 4.35. The number of hydrogen-bond donors (Lipinski definition) is 3. The fourth-order valence-corrected chi connectivity index (χ4v) is 2.91. The molecule has 0 saturated heterocycles. The van der Waals surface area contributed by atoms with Crippen LogP contribution in [0.4, 0.5) is 0 Å². The van der Waals surface area contributed by atoms with E-state index in [0.717, 1.165) is 22.4 Å². The topological polar surface area (TPSA) is 88.0 Å². The number of nitrogens with one attached hydrogen (secondary N) is 2. The molecule has 1 heterocycles. The van der Waals surface area contributed by atoms with Crippen LogP contribution in [0.3, 0.4) is 0 Å². The number of benzene rings is 1. The number of rotatable bonds is 2. The Kier molecular flexibility index (Phi) is 4.92. The molecule has 122 valence electrons. The lowest BCUT2D eigenvalue weighted by Gasteiger charge is -2.18. The Labute approximate surface area is 140 Å². The molecule has 0 fully saturated rings. The van der Waals surface area contributed by atoms with Gasteiger partial charge in [-0.25, -0.2) is 0 Å². The fourth-order valence-electron chi connectivity index (χ4n) is 2.91. The summed E-state index contributed by atoms with van der Waals surface area (Å²) in [5, 5.41) is 2.90. The molecule has 0 spiro atoms. The number of pyridine rings is 1. The zero-order valence-electron chi connectivity index (χ0n) is 13.1. The third kappa shape index (κ3) is 3.16. The summed E-state index contributed by atoms with van der Waals surface area (Å²) < 4.78 is 0. The van der Waals surface area contributed by atoms with Crippen molar-refractivity contribution < 1.29 is 4.79 Å². The van der Waals surface area contributed by atoms with E-state index in [2.05, 4.69) is 10.3 Å². The molecule has 0 bridgehead atoms. The number of aryl methyl sites for hydroxylation is 2.